The summed E-state index contributed by atoms with van der Waals surface area (Å²) in [7, 11) is 0. The summed E-state index contributed by atoms with van der Waals surface area (Å²) in [5.41, 5.74) is 0.959. The predicted octanol–water partition coefficient (Wildman–Crippen LogP) is 3.18. The van der Waals surface area contributed by atoms with Gasteiger partial charge in [-0.3, -0.25) is 0 Å². The molecule has 96 valence electrons. The molecule has 0 spiro atoms. The first-order valence-corrected chi connectivity index (χ1v) is 5.68. The monoisotopic (exact) mass is 243 g/mol. The van der Waals surface area contributed by atoms with Crippen molar-refractivity contribution in [2.75, 3.05) is 6.61 Å². The second-order valence-corrected chi connectivity index (χ2v) is 4.60. The molecule has 0 aliphatic rings. The Hall–Kier alpha value is -1.00. The minimum atomic E-state index is -2.68. The van der Waals surface area contributed by atoms with Crippen molar-refractivity contribution in [2.45, 2.75) is 39.0 Å². The van der Waals surface area contributed by atoms with E-state index in [4.69, 9.17) is 0 Å². The molecule has 1 aromatic carbocycles. The Morgan fingerprint density at radius 2 is 1.88 bits per heavy atom. The zero-order valence-electron chi connectivity index (χ0n) is 10.2. The predicted molar refractivity (Wildman–Crippen MR) is 63.9 cm³/mol. The number of hydrogen-bond acceptors (Lipinski definition) is 2. The van der Waals surface area contributed by atoms with Crippen molar-refractivity contribution in [3.8, 4) is 0 Å². The van der Waals surface area contributed by atoms with Crippen molar-refractivity contribution in [3.05, 3.63) is 35.9 Å². The molecule has 0 aromatic heterocycles. The highest BCUT2D eigenvalue weighted by molar-refractivity contribution is 5.14. The van der Waals surface area contributed by atoms with Gasteiger partial charge in [-0.25, -0.2) is 0 Å². The van der Waals surface area contributed by atoms with E-state index < -0.39 is 6.61 Å². The van der Waals surface area contributed by atoms with Crippen LogP contribution in [0.15, 0.2) is 30.3 Å². The van der Waals surface area contributed by atoms with Crippen LogP contribution in [0.1, 0.15) is 25.8 Å². The van der Waals surface area contributed by atoms with Crippen molar-refractivity contribution in [3.63, 3.8) is 0 Å². The lowest BCUT2D eigenvalue weighted by atomic mass is 10.0. The number of ether oxygens (including phenoxy) is 1. The molecular weight excluding hydrogens is 224 g/mol. The molecule has 0 fully saturated rings. The molecule has 0 heterocycles. The molecule has 1 N–H and O–H groups in total. The zero-order valence-corrected chi connectivity index (χ0v) is 10.2. The second kappa shape index (κ2) is 6.67. The number of hydrogen-bond donors (Lipinski definition) is 1. The van der Waals surface area contributed by atoms with Crippen molar-refractivity contribution in [1.29, 1.82) is 0 Å². The van der Waals surface area contributed by atoms with E-state index in [1.807, 2.05) is 44.2 Å². The largest absolute Gasteiger partial charge is 0.345 e. The highest BCUT2D eigenvalue weighted by Gasteiger charge is 2.17. The van der Waals surface area contributed by atoms with Crippen LogP contribution < -0.4 is 5.32 Å². The fourth-order valence-corrected chi connectivity index (χ4v) is 1.43. The van der Waals surface area contributed by atoms with E-state index >= 15 is 0 Å². The van der Waals surface area contributed by atoms with Gasteiger partial charge in [-0.1, -0.05) is 30.3 Å². The summed E-state index contributed by atoms with van der Waals surface area (Å²) in [5.74, 6) is 0. The molecule has 0 atom stereocenters. The zero-order chi connectivity index (χ0) is 12.7. The molecule has 0 amide bonds. The van der Waals surface area contributed by atoms with E-state index in [0.29, 0.717) is 6.42 Å². The van der Waals surface area contributed by atoms with E-state index in [1.165, 1.54) is 5.56 Å². The minimum absolute atomic E-state index is 0.0620. The Balaban J connectivity index is 2.29. The van der Waals surface area contributed by atoms with Crippen molar-refractivity contribution in [1.82, 2.24) is 5.32 Å². The van der Waals surface area contributed by atoms with Gasteiger partial charge in [0.1, 0.15) is 0 Å². The van der Waals surface area contributed by atoms with Crippen LogP contribution in [0, 0.1) is 0 Å². The van der Waals surface area contributed by atoms with E-state index in [-0.39, 0.29) is 12.1 Å². The van der Waals surface area contributed by atoms with Gasteiger partial charge in [0, 0.05) is 12.1 Å². The number of alkyl halides is 2. The number of halogens is 2. The maximum absolute atomic E-state index is 11.8. The summed E-state index contributed by atoms with van der Waals surface area (Å²) in [6.45, 7) is 2.06. The average molecular weight is 243 g/mol. The number of rotatable bonds is 7. The lowest BCUT2D eigenvalue weighted by Crippen LogP contribution is -2.39. The number of benzene rings is 1. The van der Waals surface area contributed by atoms with Crippen LogP contribution in [0.3, 0.4) is 0 Å². The Morgan fingerprint density at radius 1 is 1.24 bits per heavy atom. The van der Waals surface area contributed by atoms with Gasteiger partial charge >= 0.3 is 6.61 Å². The standard InChI is InChI=1S/C13H19F2NO/c1-13(2,8-9-17-12(14)15)16-10-11-6-4-3-5-7-11/h3-7,12,16H,8-10H2,1-2H3. The van der Waals surface area contributed by atoms with Gasteiger partial charge in [-0.15, -0.1) is 0 Å². The molecule has 2 nitrogen and oxygen atoms in total. The molecule has 0 aliphatic heterocycles. The summed E-state index contributed by atoms with van der Waals surface area (Å²) in [4.78, 5) is 0. The van der Waals surface area contributed by atoms with Gasteiger partial charge < -0.3 is 10.1 Å². The molecule has 4 heteroatoms. The summed E-state index contributed by atoms with van der Waals surface area (Å²) >= 11 is 0. The highest BCUT2D eigenvalue weighted by Crippen LogP contribution is 2.11. The number of nitrogens with one attached hydrogen (secondary N) is 1. The van der Waals surface area contributed by atoms with E-state index in [2.05, 4.69) is 10.1 Å². The van der Waals surface area contributed by atoms with E-state index in [1.54, 1.807) is 0 Å². The van der Waals surface area contributed by atoms with Crippen molar-refractivity contribution in [2.24, 2.45) is 0 Å². The van der Waals surface area contributed by atoms with E-state index in [0.717, 1.165) is 6.54 Å². The molecular formula is C13H19F2NO. The molecule has 0 aliphatic carbocycles. The van der Waals surface area contributed by atoms with Crippen LogP contribution in [0.5, 0.6) is 0 Å². The molecule has 0 saturated heterocycles. The van der Waals surface area contributed by atoms with Gasteiger partial charge in [-0.05, 0) is 25.8 Å². The molecule has 1 aromatic rings. The summed E-state index contributed by atoms with van der Waals surface area (Å²) in [6, 6.07) is 9.97. The van der Waals surface area contributed by atoms with Crippen molar-refractivity contribution < 1.29 is 13.5 Å². The maximum atomic E-state index is 11.8. The summed E-state index contributed by atoms with van der Waals surface area (Å²) in [6.07, 6.45) is 0.546. The van der Waals surface area contributed by atoms with Crippen LogP contribution in [0.4, 0.5) is 8.78 Å². The third kappa shape index (κ3) is 6.34. The normalized spacial score (nSPS) is 12.1. The van der Waals surface area contributed by atoms with Crippen LogP contribution in [0.25, 0.3) is 0 Å². The van der Waals surface area contributed by atoms with Crippen molar-refractivity contribution >= 4 is 0 Å². The fourth-order valence-electron chi connectivity index (χ4n) is 1.43. The molecule has 0 saturated carbocycles. The topological polar surface area (TPSA) is 21.3 Å². The molecule has 1 rings (SSSR count). The molecule has 17 heavy (non-hydrogen) atoms. The summed E-state index contributed by atoms with van der Waals surface area (Å²) in [5, 5.41) is 3.32. The molecule has 0 unspecified atom stereocenters. The van der Waals surface area contributed by atoms with Gasteiger partial charge in [0.15, 0.2) is 0 Å². The lowest BCUT2D eigenvalue weighted by Gasteiger charge is -2.26. The molecule has 0 bridgehead atoms. The van der Waals surface area contributed by atoms with Gasteiger partial charge in [0.2, 0.25) is 0 Å². The van der Waals surface area contributed by atoms with Gasteiger partial charge in [-0.2, -0.15) is 8.78 Å². The van der Waals surface area contributed by atoms with Crippen LogP contribution in [0.2, 0.25) is 0 Å². The smallest absolute Gasteiger partial charge is 0.323 e. The Morgan fingerprint density at radius 3 is 2.47 bits per heavy atom. The van der Waals surface area contributed by atoms with Crippen LogP contribution in [-0.2, 0) is 11.3 Å². The fraction of sp³-hybridized carbons (Fsp3) is 0.538. The van der Waals surface area contributed by atoms with E-state index in [9.17, 15) is 8.78 Å². The Bertz CT molecular complexity index is 314. The third-order valence-corrected chi connectivity index (χ3v) is 2.58. The maximum Gasteiger partial charge on any atom is 0.345 e. The molecule has 0 radical (unpaired) electrons. The first-order valence-electron chi connectivity index (χ1n) is 5.68. The minimum Gasteiger partial charge on any atom is -0.323 e. The first-order chi connectivity index (χ1) is 7.99. The third-order valence-electron chi connectivity index (χ3n) is 2.58. The Labute approximate surface area is 101 Å². The Kier molecular flexibility index (Phi) is 5.51. The van der Waals surface area contributed by atoms with Crippen LogP contribution >= 0.6 is 0 Å². The van der Waals surface area contributed by atoms with Gasteiger partial charge in [0.25, 0.3) is 0 Å². The highest BCUT2D eigenvalue weighted by atomic mass is 19.3. The second-order valence-electron chi connectivity index (χ2n) is 4.60. The quantitative estimate of drug-likeness (QED) is 0.794. The first kappa shape index (κ1) is 14.1. The lowest BCUT2D eigenvalue weighted by molar-refractivity contribution is -0.131. The van der Waals surface area contributed by atoms with Gasteiger partial charge in [0.05, 0.1) is 6.61 Å². The summed E-state index contributed by atoms with van der Waals surface area (Å²) < 4.78 is 27.9. The average Bonchev–Trinajstić information content (AvgIpc) is 2.27. The SMILES string of the molecule is CC(C)(CCOC(F)F)NCc1ccccc1. The van der Waals surface area contributed by atoms with Crippen LogP contribution in [-0.4, -0.2) is 18.8 Å².